The molecule has 0 radical (unpaired) electrons. The molecule has 0 saturated carbocycles. The second-order valence-corrected chi connectivity index (χ2v) is 19.3. The first-order chi connectivity index (χ1) is 32.3. The Kier molecular flexibility index (Phi) is 8.46. The van der Waals surface area contributed by atoms with E-state index in [1.165, 1.54) is 100 Å². The Morgan fingerprint density at radius 2 is 0.636 bits per heavy atom. The third-order valence-corrected chi connectivity index (χ3v) is 14.9. The van der Waals surface area contributed by atoms with E-state index >= 15 is 0 Å². The van der Waals surface area contributed by atoms with E-state index in [0.717, 1.165) is 0 Å². The van der Waals surface area contributed by atoms with Crippen LogP contribution in [0.4, 0.5) is 22.7 Å². The zero-order chi connectivity index (χ0) is 44.3. The van der Waals surface area contributed by atoms with E-state index < -0.39 is 0 Å². The van der Waals surface area contributed by atoms with Gasteiger partial charge in [0, 0.05) is 56.1 Å². The number of benzene rings is 9. The van der Waals surface area contributed by atoms with Crippen molar-refractivity contribution in [2.45, 2.75) is 38.5 Å². The summed E-state index contributed by atoms with van der Waals surface area (Å²) in [6, 6.07) is 81.0. The summed E-state index contributed by atoms with van der Waals surface area (Å²) in [5, 5.41) is 4.98. The molecule has 2 aliphatic carbocycles. The first kappa shape index (κ1) is 38.7. The maximum Gasteiger partial charge on any atom is 0.420 e. The predicted octanol–water partition coefficient (Wildman–Crippen LogP) is 12.8. The SMILES string of the molecule is CC1(C)C2=C(c3ccccc31)N(c1ccccc1)B(c1ccc3c(ccc4cc(B5N(c6ccccc6)C6=C(N5c5ccccc5)C(C)(C)c5ccccc56)ccc43)c1)N2c1ccccc1. The van der Waals surface area contributed by atoms with Crippen LogP contribution in [0.15, 0.2) is 230 Å². The van der Waals surface area contributed by atoms with E-state index in [4.69, 9.17) is 0 Å². The molecule has 2 aliphatic heterocycles. The third-order valence-electron chi connectivity index (χ3n) is 14.9. The predicted molar refractivity (Wildman–Crippen MR) is 281 cm³/mol. The van der Waals surface area contributed by atoms with Crippen LogP contribution >= 0.6 is 0 Å². The molecule has 4 nitrogen and oxygen atoms in total. The van der Waals surface area contributed by atoms with Gasteiger partial charge < -0.3 is 19.2 Å². The van der Waals surface area contributed by atoms with Crippen LogP contribution in [-0.4, -0.2) is 14.0 Å². The Morgan fingerprint density at radius 1 is 0.318 bits per heavy atom. The number of nitrogens with zero attached hydrogens (tertiary/aromatic N) is 4. The van der Waals surface area contributed by atoms with Gasteiger partial charge in [-0.2, -0.15) is 0 Å². The van der Waals surface area contributed by atoms with Crippen molar-refractivity contribution in [3.05, 3.63) is 252 Å². The Labute approximate surface area is 388 Å². The van der Waals surface area contributed by atoms with Crippen molar-refractivity contribution in [1.82, 2.24) is 0 Å². The molecule has 66 heavy (non-hydrogen) atoms. The van der Waals surface area contributed by atoms with Crippen LogP contribution in [0.5, 0.6) is 0 Å². The minimum absolute atomic E-state index is 0.103. The molecular formula is C60H48B2N4. The van der Waals surface area contributed by atoms with Gasteiger partial charge in [-0.1, -0.05) is 198 Å². The smallest absolute Gasteiger partial charge is 0.363 e. The van der Waals surface area contributed by atoms with Crippen LogP contribution < -0.4 is 30.2 Å². The first-order valence-corrected chi connectivity index (χ1v) is 23.3. The van der Waals surface area contributed by atoms with Gasteiger partial charge >= 0.3 is 14.0 Å². The van der Waals surface area contributed by atoms with Gasteiger partial charge in [0.2, 0.25) is 0 Å². The number of hydrogen-bond donors (Lipinski definition) is 0. The Hall–Kier alpha value is -7.69. The minimum Gasteiger partial charge on any atom is -0.363 e. The lowest BCUT2D eigenvalue weighted by atomic mass is 9.62. The zero-order valence-electron chi connectivity index (χ0n) is 37.7. The molecule has 0 unspecified atom stereocenters. The fourth-order valence-electron chi connectivity index (χ4n) is 12.1. The summed E-state index contributed by atoms with van der Waals surface area (Å²) in [5.41, 5.74) is 17.4. The maximum absolute atomic E-state index is 2.61. The van der Waals surface area contributed by atoms with Crippen LogP contribution in [0.1, 0.15) is 49.9 Å². The molecule has 0 aromatic heterocycles. The van der Waals surface area contributed by atoms with Crippen LogP contribution in [0, 0.1) is 0 Å². The maximum atomic E-state index is 2.61. The number of para-hydroxylation sites is 4. The summed E-state index contributed by atoms with van der Waals surface area (Å²) in [6.07, 6.45) is 0. The largest absolute Gasteiger partial charge is 0.420 e. The number of hydrogen-bond acceptors (Lipinski definition) is 4. The standard InChI is InChI=1S/C60H48B2N4/c1-59(2)53-31-19-17-29-51(53)55-57(59)65(47-25-13-7-14-26-47)61(63(55)45-21-9-5-10-22-45)43-35-37-49-41(39-43)33-34-42-40-44(36-38-50(42)49)62-64(46-23-11-6-12-24-46)56-52-30-18-20-32-54(52)60(3,4)58(56)66(62)48-27-15-8-16-28-48/h5-40H,1-4H3. The van der Waals surface area contributed by atoms with E-state index in [1.807, 2.05) is 0 Å². The Balaban J connectivity index is 0.963. The van der Waals surface area contributed by atoms with E-state index in [1.54, 1.807) is 0 Å². The molecule has 0 bridgehead atoms. The van der Waals surface area contributed by atoms with Gasteiger partial charge in [-0.3, -0.25) is 0 Å². The summed E-state index contributed by atoms with van der Waals surface area (Å²) < 4.78 is 0. The molecule has 13 rings (SSSR count). The fourth-order valence-corrected chi connectivity index (χ4v) is 12.1. The van der Waals surface area contributed by atoms with Crippen molar-refractivity contribution in [3.8, 4) is 0 Å². The van der Waals surface area contributed by atoms with Crippen LogP contribution in [0.25, 0.3) is 32.9 Å². The Bertz CT molecular complexity index is 3230. The van der Waals surface area contributed by atoms with Crippen LogP contribution in [0.3, 0.4) is 0 Å². The molecule has 9 aromatic carbocycles. The molecule has 9 aromatic rings. The van der Waals surface area contributed by atoms with Gasteiger partial charge in [0.15, 0.2) is 0 Å². The highest BCUT2D eigenvalue weighted by Crippen LogP contribution is 2.56. The first-order valence-electron chi connectivity index (χ1n) is 23.3. The molecule has 6 heteroatoms. The summed E-state index contributed by atoms with van der Waals surface area (Å²) in [6.45, 7) is 9.36. The number of fused-ring (bicyclic) bond motifs is 7. The van der Waals surface area contributed by atoms with Crippen LogP contribution in [-0.2, 0) is 10.8 Å². The molecule has 0 N–H and O–H groups in total. The van der Waals surface area contributed by atoms with Crippen molar-refractivity contribution >= 4 is 80.6 Å². The van der Waals surface area contributed by atoms with Gasteiger partial charge in [-0.25, -0.2) is 0 Å². The fraction of sp³-hybridized carbons (Fsp3) is 0.100. The second-order valence-electron chi connectivity index (χ2n) is 19.3. The lowest BCUT2D eigenvalue weighted by molar-refractivity contribution is 0.632. The van der Waals surface area contributed by atoms with Gasteiger partial charge in [0.05, 0.1) is 11.4 Å². The zero-order valence-corrected chi connectivity index (χ0v) is 37.7. The molecule has 0 saturated heterocycles. The van der Waals surface area contributed by atoms with Gasteiger partial charge in [-0.15, -0.1) is 0 Å². The summed E-state index contributed by atoms with van der Waals surface area (Å²) in [4.78, 5) is 10.4. The molecule has 314 valence electrons. The summed E-state index contributed by atoms with van der Waals surface area (Å²) in [5.74, 6) is 0. The van der Waals surface area contributed by atoms with Crippen molar-refractivity contribution in [2.24, 2.45) is 0 Å². The molecule has 2 heterocycles. The van der Waals surface area contributed by atoms with E-state index in [9.17, 15) is 0 Å². The molecule has 0 amide bonds. The summed E-state index contributed by atoms with van der Waals surface area (Å²) in [7, 11) is 0. The minimum atomic E-state index is -0.214. The van der Waals surface area contributed by atoms with Crippen molar-refractivity contribution in [1.29, 1.82) is 0 Å². The topological polar surface area (TPSA) is 13.0 Å². The lowest BCUT2D eigenvalue weighted by Crippen LogP contribution is -2.56. The molecular weight excluding hydrogens is 798 g/mol. The average molecular weight is 847 g/mol. The average Bonchev–Trinajstić information content (AvgIpc) is 4.06. The van der Waals surface area contributed by atoms with Crippen molar-refractivity contribution in [3.63, 3.8) is 0 Å². The Morgan fingerprint density at radius 3 is 1.00 bits per heavy atom. The molecule has 0 atom stereocenters. The number of anilines is 4. The number of allylic oxidation sites excluding steroid dienone is 2. The van der Waals surface area contributed by atoms with Crippen molar-refractivity contribution < 1.29 is 0 Å². The van der Waals surface area contributed by atoms with E-state index in [0.29, 0.717) is 0 Å². The lowest BCUT2D eigenvalue weighted by Gasteiger charge is -2.38. The van der Waals surface area contributed by atoms with Gasteiger partial charge in [0.25, 0.3) is 0 Å². The monoisotopic (exact) mass is 846 g/mol. The molecule has 0 spiro atoms. The highest BCUT2D eigenvalue weighted by molar-refractivity contribution is 6.85. The van der Waals surface area contributed by atoms with Crippen molar-refractivity contribution in [2.75, 3.05) is 19.2 Å². The molecule has 4 aliphatic rings. The summed E-state index contributed by atoms with van der Waals surface area (Å²) >= 11 is 0. The van der Waals surface area contributed by atoms with Gasteiger partial charge in [-0.05, 0) is 92.1 Å². The highest BCUT2D eigenvalue weighted by atomic mass is 15.3. The second kappa shape index (κ2) is 14.4. The molecule has 0 fully saturated rings. The normalized spacial score (nSPS) is 16.7. The van der Waals surface area contributed by atoms with Gasteiger partial charge in [0.1, 0.15) is 0 Å². The van der Waals surface area contributed by atoms with E-state index in [2.05, 4.69) is 265 Å². The quantitative estimate of drug-likeness (QED) is 0.122. The number of rotatable bonds is 6. The van der Waals surface area contributed by atoms with E-state index in [-0.39, 0.29) is 24.8 Å². The van der Waals surface area contributed by atoms with Crippen LogP contribution in [0.2, 0.25) is 0 Å². The third kappa shape index (κ3) is 5.48. The highest BCUT2D eigenvalue weighted by Gasteiger charge is 2.56.